The summed E-state index contributed by atoms with van der Waals surface area (Å²) < 4.78 is 26.1. The van der Waals surface area contributed by atoms with Gasteiger partial charge in [-0.2, -0.15) is 0 Å². The van der Waals surface area contributed by atoms with E-state index >= 15 is 0 Å². The van der Waals surface area contributed by atoms with Gasteiger partial charge in [0.1, 0.15) is 0 Å². The van der Waals surface area contributed by atoms with Crippen molar-refractivity contribution in [2.45, 2.75) is 11.4 Å². The van der Waals surface area contributed by atoms with E-state index < -0.39 is 26.2 Å². The molecule has 0 aliphatic carbocycles. The predicted molar refractivity (Wildman–Crippen MR) is 73.2 cm³/mol. The van der Waals surface area contributed by atoms with E-state index in [1.165, 1.54) is 0 Å². The number of benzene rings is 1. The Bertz CT molecular complexity index is 824. The normalized spacial score (nSPS) is 11.4. The van der Waals surface area contributed by atoms with Crippen molar-refractivity contribution in [1.82, 2.24) is 14.7 Å². The van der Waals surface area contributed by atoms with Crippen molar-refractivity contribution < 1.29 is 8.42 Å². The third-order valence-corrected chi connectivity index (χ3v) is 4.11. The molecule has 0 bridgehead atoms. The zero-order valence-corrected chi connectivity index (χ0v) is 11.6. The molecule has 2 aromatic rings. The Balaban J connectivity index is 2.21. The number of hydrogen-bond donors (Lipinski definition) is 3. The fourth-order valence-corrected chi connectivity index (χ4v) is 2.60. The summed E-state index contributed by atoms with van der Waals surface area (Å²) in [5.41, 5.74) is -1.07. The quantitative estimate of drug-likeness (QED) is 0.748. The molecule has 1 aromatic heterocycles. The summed E-state index contributed by atoms with van der Waals surface area (Å²) >= 11 is 5.72. The molecule has 3 N–H and O–H groups in total. The van der Waals surface area contributed by atoms with Crippen LogP contribution in [0, 0.1) is 0 Å². The molecular weight excluding hydrogens is 306 g/mol. The number of hydrogen-bond acceptors (Lipinski definition) is 4. The second kappa shape index (κ2) is 5.61. The molecule has 20 heavy (non-hydrogen) atoms. The van der Waals surface area contributed by atoms with Crippen LogP contribution in [0.15, 0.2) is 44.9 Å². The van der Waals surface area contributed by atoms with Crippen molar-refractivity contribution in [2.24, 2.45) is 0 Å². The van der Waals surface area contributed by atoms with E-state index in [-0.39, 0.29) is 6.54 Å². The molecule has 0 fully saturated rings. The maximum atomic E-state index is 11.9. The minimum Gasteiger partial charge on any atom is -0.313 e. The highest BCUT2D eigenvalue weighted by Gasteiger charge is 2.18. The van der Waals surface area contributed by atoms with Crippen LogP contribution in [0.5, 0.6) is 0 Å². The summed E-state index contributed by atoms with van der Waals surface area (Å²) in [7, 11) is -4.01. The predicted octanol–water partition coefficient (Wildman–Crippen LogP) is 0.195. The maximum absolute atomic E-state index is 11.9. The first-order valence-electron chi connectivity index (χ1n) is 5.44. The fraction of sp³-hybridized carbons (Fsp3) is 0.0909. The Morgan fingerprint density at radius 1 is 1.15 bits per heavy atom. The molecule has 0 saturated heterocycles. The summed E-state index contributed by atoms with van der Waals surface area (Å²) in [6, 6.07) is 6.56. The Morgan fingerprint density at radius 3 is 2.40 bits per heavy atom. The minimum atomic E-state index is -4.01. The Hall–Kier alpha value is -1.90. The highest BCUT2D eigenvalue weighted by molar-refractivity contribution is 7.89. The van der Waals surface area contributed by atoms with Gasteiger partial charge in [-0.25, -0.2) is 17.9 Å². The number of aromatic nitrogens is 2. The van der Waals surface area contributed by atoms with Gasteiger partial charge in [0.15, 0.2) is 4.90 Å². The lowest BCUT2D eigenvalue weighted by Gasteiger charge is -2.05. The zero-order chi connectivity index (χ0) is 14.8. The average Bonchev–Trinajstić information content (AvgIpc) is 2.37. The third kappa shape index (κ3) is 3.35. The molecule has 106 valence electrons. The zero-order valence-electron chi connectivity index (χ0n) is 10.0. The SMILES string of the molecule is O=c1[nH]cc(S(=O)(=O)NCc2ccc(Cl)cc2)c(=O)[nH]1. The van der Waals surface area contributed by atoms with Crippen molar-refractivity contribution in [3.63, 3.8) is 0 Å². The second-order valence-electron chi connectivity index (χ2n) is 3.89. The van der Waals surface area contributed by atoms with Crippen molar-refractivity contribution in [1.29, 1.82) is 0 Å². The van der Waals surface area contributed by atoms with Gasteiger partial charge in [0.05, 0.1) is 0 Å². The molecule has 0 aliphatic rings. The maximum Gasteiger partial charge on any atom is 0.325 e. The molecule has 0 unspecified atom stereocenters. The van der Waals surface area contributed by atoms with Crippen molar-refractivity contribution >= 4 is 21.6 Å². The van der Waals surface area contributed by atoms with Gasteiger partial charge in [0.25, 0.3) is 5.56 Å². The highest BCUT2D eigenvalue weighted by atomic mass is 35.5. The van der Waals surface area contributed by atoms with Crippen LogP contribution in [0.3, 0.4) is 0 Å². The molecule has 1 aromatic carbocycles. The molecule has 0 radical (unpaired) electrons. The first-order valence-corrected chi connectivity index (χ1v) is 7.31. The first-order chi connectivity index (χ1) is 9.38. The second-order valence-corrected chi connectivity index (χ2v) is 6.06. The van der Waals surface area contributed by atoms with Gasteiger partial charge < -0.3 is 4.98 Å². The first kappa shape index (κ1) is 14.5. The highest BCUT2D eigenvalue weighted by Crippen LogP contribution is 2.10. The molecule has 2 rings (SSSR count). The van der Waals surface area contributed by atoms with Crippen LogP contribution < -0.4 is 16.0 Å². The Kier molecular flexibility index (Phi) is 4.07. The van der Waals surface area contributed by atoms with Crippen molar-refractivity contribution in [3.05, 3.63) is 61.9 Å². The Morgan fingerprint density at radius 2 is 1.80 bits per heavy atom. The molecule has 0 aliphatic heterocycles. The van der Waals surface area contributed by atoms with Gasteiger partial charge in [0.2, 0.25) is 10.0 Å². The van der Waals surface area contributed by atoms with Gasteiger partial charge in [-0.1, -0.05) is 23.7 Å². The summed E-state index contributed by atoms with van der Waals surface area (Å²) in [5, 5.41) is 0.536. The van der Waals surface area contributed by atoms with E-state index in [0.29, 0.717) is 10.6 Å². The molecule has 0 amide bonds. The molecule has 0 saturated carbocycles. The smallest absolute Gasteiger partial charge is 0.313 e. The number of aromatic amines is 2. The van der Waals surface area contributed by atoms with Crippen LogP contribution in [0.25, 0.3) is 0 Å². The van der Waals surface area contributed by atoms with Crippen LogP contribution in [0.4, 0.5) is 0 Å². The standard InChI is InChI=1S/C11H10ClN3O4S/c12-8-3-1-7(2-4-8)5-14-20(18,19)9-6-13-11(17)15-10(9)16/h1-4,6,14H,5H2,(H2,13,15,16,17). The van der Waals surface area contributed by atoms with Gasteiger partial charge in [-0.05, 0) is 17.7 Å². The summed E-state index contributed by atoms with van der Waals surface area (Å²) in [6.45, 7) is -0.00192. The van der Waals surface area contributed by atoms with Crippen LogP contribution in [0.2, 0.25) is 5.02 Å². The van der Waals surface area contributed by atoms with E-state index in [1.54, 1.807) is 24.3 Å². The van der Waals surface area contributed by atoms with Gasteiger partial charge in [-0.15, -0.1) is 0 Å². The minimum absolute atomic E-state index is 0.00192. The Labute approximate surface area is 118 Å². The average molecular weight is 316 g/mol. The lowest BCUT2D eigenvalue weighted by Crippen LogP contribution is -2.32. The number of rotatable bonds is 4. The topological polar surface area (TPSA) is 112 Å². The van der Waals surface area contributed by atoms with E-state index in [1.807, 2.05) is 4.98 Å². The molecule has 0 spiro atoms. The lowest BCUT2D eigenvalue weighted by molar-refractivity contribution is 0.579. The van der Waals surface area contributed by atoms with Crippen LogP contribution in [0.1, 0.15) is 5.56 Å². The largest absolute Gasteiger partial charge is 0.325 e. The molecule has 0 atom stereocenters. The van der Waals surface area contributed by atoms with E-state index in [2.05, 4.69) is 9.71 Å². The van der Waals surface area contributed by atoms with E-state index in [0.717, 1.165) is 6.20 Å². The molecule has 7 nitrogen and oxygen atoms in total. The third-order valence-electron chi connectivity index (χ3n) is 2.45. The summed E-state index contributed by atoms with van der Waals surface area (Å²) in [4.78, 5) is 25.7. The lowest BCUT2D eigenvalue weighted by atomic mass is 10.2. The van der Waals surface area contributed by atoms with Gasteiger partial charge in [-0.3, -0.25) is 9.78 Å². The molecular formula is C11H10ClN3O4S. The van der Waals surface area contributed by atoms with Crippen molar-refractivity contribution in [2.75, 3.05) is 0 Å². The van der Waals surface area contributed by atoms with E-state index in [4.69, 9.17) is 11.6 Å². The van der Waals surface area contributed by atoms with Crippen LogP contribution in [-0.2, 0) is 16.6 Å². The fourth-order valence-electron chi connectivity index (χ4n) is 1.46. The number of sulfonamides is 1. The van der Waals surface area contributed by atoms with Crippen LogP contribution >= 0.6 is 11.6 Å². The monoisotopic (exact) mass is 315 g/mol. The van der Waals surface area contributed by atoms with Gasteiger partial charge in [0, 0.05) is 17.8 Å². The van der Waals surface area contributed by atoms with Crippen LogP contribution in [-0.4, -0.2) is 18.4 Å². The number of halogens is 1. The van der Waals surface area contributed by atoms with Gasteiger partial charge >= 0.3 is 5.69 Å². The summed E-state index contributed by atoms with van der Waals surface area (Å²) in [6.07, 6.45) is 0.853. The van der Waals surface area contributed by atoms with Crippen molar-refractivity contribution in [3.8, 4) is 0 Å². The molecule has 9 heteroatoms. The number of H-pyrrole nitrogens is 2. The molecule has 1 heterocycles. The van der Waals surface area contributed by atoms with E-state index in [9.17, 15) is 18.0 Å². The summed E-state index contributed by atoms with van der Waals surface area (Å²) in [5.74, 6) is 0. The number of nitrogens with one attached hydrogen (secondary N) is 3.